The van der Waals surface area contributed by atoms with Crippen LogP contribution >= 0.6 is 11.8 Å². The van der Waals surface area contributed by atoms with Crippen LogP contribution in [0.1, 0.15) is 13.3 Å². The van der Waals surface area contributed by atoms with E-state index in [1.807, 2.05) is 6.92 Å². The van der Waals surface area contributed by atoms with Gasteiger partial charge in [-0.3, -0.25) is 0 Å². The Hall–Kier alpha value is -0.210. The number of nitrogens with two attached hydrogens (primary N) is 5. The van der Waals surface area contributed by atoms with Gasteiger partial charge in [0.05, 0.1) is 24.3 Å². The molecule has 206 valence electrons. The number of thioether (sulfide) groups is 1. The first-order valence-electron chi connectivity index (χ1n) is 11.8. The Bertz CT molecular complexity index is 672. The zero-order chi connectivity index (χ0) is 26.0. The van der Waals surface area contributed by atoms with Gasteiger partial charge in [0.25, 0.3) is 0 Å². The molecule has 0 unspecified atom stereocenters. The monoisotopic (exact) mass is 527 g/mol. The molecule has 0 aromatic heterocycles. The van der Waals surface area contributed by atoms with E-state index in [1.165, 1.54) is 11.8 Å². The quantitative estimate of drug-likeness (QED) is 0.141. The van der Waals surface area contributed by atoms with Crippen molar-refractivity contribution < 1.29 is 44.5 Å². The predicted octanol–water partition coefficient (Wildman–Crippen LogP) is -5.56. The van der Waals surface area contributed by atoms with Crippen LogP contribution in [0.25, 0.3) is 0 Å². The summed E-state index contributed by atoms with van der Waals surface area (Å²) in [6, 6.07) is -3.66. The summed E-state index contributed by atoms with van der Waals surface area (Å²) in [7, 11) is 0. The van der Waals surface area contributed by atoms with Gasteiger partial charge in [-0.25, -0.2) is 0 Å². The fraction of sp³-hybridized carbons (Fsp3) is 1.00. The van der Waals surface area contributed by atoms with E-state index >= 15 is 0 Å². The maximum absolute atomic E-state index is 11.1. The maximum Gasteiger partial charge on any atom is 0.186 e. The first-order chi connectivity index (χ1) is 16.5. The number of ether oxygens (including phenoxy) is 4. The lowest BCUT2D eigenvalue weighted by Gasteiger charge is -2.48. The summed E-state index contributed by atoms with van der Waals surface area (Å²) >= 11 is 1.53. The predicted molar refractivity (Wildman–Crippen MR) is 126 cm³/mol. The fourth-order valence-corrected chi connectivity index (χ4v) is 5.41. The van der Waals surface area contributed by atoms with Gasteiger partial charge in [0.2, 0.25) is 0 Å². The van der Waals surface area contributed by atoms with Crippen LogP contribution in [0.2, 0.25) is 0 Å². The van der Waals surface area contributed by atoms with Crippen LogP contribution in [0.5, 0.6) is 0 Å². The lowest BCUT2D eigenvalue weighted by atomic mass is 9.84. The molecule has 15 N–H and O–H groups in total. The van der Waals surface area contributed by atoms with Crippen LogP contribution in [-0.4, -0.2) is 135 Å². The van der Waals surface area contributed by atoms with Gasteiger partial charge in [0.1, 0.15) is 42.7 Å². The Morgan fingerprint density at radius 3 is 1.89 bits per heavy atom. The summed E-state index contributed by atoms with van der Waals surface area (Å²) in [5, 5.41) is 52.3. The molecule has 3 rings (SSSR count). The van der Waals surface area contributed by atoms with E-state index in [1.54, 1.807) is 0 Å². The van der Waals surface area contributed by atoms with Crippen molar-refractivity contribution in [3.63, 3.8) is 0 Å². The number of rotatable bonds is 8. The first kappa shape index (κ1) is 29.3. The largest absolute Gasteiger partial charge is 0.389 e. The molecule has 0 aromatic rings. The molecule has 1 aliphatic carbocycles. The second-order valence-electron chi connectivity index (χ2n) is 9.35. The Morgan fingerprint density at radius 2 is 1.31 bits per heavy atom. The molecule has 0 bridgehead atoms. The summed E-state index contributed by atoms with van der Waals surface area (Å²) in [6.45, 7) is 1.86. The van der Waals surface area contributed by atoms with Crippen molar-refractivity contribution in [3.05, 3.63) is 0 Å². The molecule has 2 saturated heterocycles. The van der Waals surface area contributed by atoms with Gasteiger partial charge in [0, 0.05) is 24.4 Å². The van der Waals surface area contributed by atoms with Crippen molar-refractivity contribution in [2.75, 3.05) is 18.1 Å². The van der Waals surface area contributed by atoms with Crippen LogP contribution in [0.4, 0.5) is 0 Å². The van der Waals surface area contributed by atoms with E-state index < -0.39 is 91.7 Å². The average molecular weight is 528 g/mol. The Balaban J connectivity index is 1.71. The summed E-state index contributed by atoms with van der Waals surface area (Å²) in [4.78, 5) is 0. The summed E-state index contributed by atoms with van der Waals surface area (Å²) in [6.07, 6.45) is -12.6. The number of hydrogen-bond acceptors (Lipinski definition) is 15. The fourth-order valence-electron chi connectivity index (χ4n) is 4.67. The molecule has 0 radical (unpaired) electrons. The Morgan fingerprint density at radius 1 is 0.743 bits per heavy atom. The minimum Gasteiger partial charge on any atom is -0.389 e. The van der Waals surface area contributed by atoms with Crippen LogP contribution in [0, 0.1) is 0 Å². The van der Waals surface area contributed by atoms with E-state index in [2.05, 4.69) is 0 Å². The zero-order valence-corrected chi connectivity index (χ0v) is 20.5. The topological polar surface area (TPSA) is 268 Å². The molecule has 3 fully saturated rings. The number of aliphatic hydroxyl groups is 5. The van der Waals surface area contributed by atoms with Gasteiger partial charge in [-0.05, 0) is 12.2 Å². The first-order valence-corrected chi connectivity index (χ1v) is 13.0. The van der Waals surface area contributed by atoms with Crippen LogP contribution in [0.3, 0.4) is 0 Å². The van der Waals surface area contributed by atoms with E-state index in [0.717, 1.165) is 5.75 Å². The smallest absolute Gasteiger partial charge is 0.186 e. The van der Waals surface area contributed by atoms with E-state index in [9.17, 15) is 25.5 Å². The molecule has 1 saturated carbocycles. The van der Waals surface area contributed by atoms with Gasteiger partial charge in [-0.2, -0.15) is 11.8 Å². The van der Waals surface area contributed by atoms with Gasteiger partial charge in [0.15, 0.2) is 12.6 Å². The molecule has 2 aliphatic heterocycles. The Kier molecular flexibility index (Phi) is 10.5. The molecule has 0 amide bonds. The number of aliphatic hydroxyl groups excluding tert-OH is 5. The normalized spacial score (nSPS) is 51.3. The SMILES string of the molecule is CCSC[C@H]1O[C@H](O[C@@H]2[C@@H](O)[C@H](O[C@H]3O[C@H](CN)[C@@H](O)[C@H](O)[C@H]3N)[C@@H](N)C[C@H]2N)[C@H](O)[C@@H](N)[C@@H]1O. The molecule has 15 atom stereocenters. The molecule has 35 heavy (non-hydrogen) atoms. The van der Waals surface area contributed by atoms with Crippen LogP contribution < -0.4 is 28.7 Å². The highest BCUT2D eigenvalue weighted by Crippen LogP contribution is 2.31. The van der Waals surface area contributed by atoms with Crippen molar-refractivity contribution in [3.8, 4) is 0 Å². The van der Waals surface area contributed by atoms with Crippen LogP contribution in [-0.2, 0) is 18.9 Å². The minimum absolute atomic E-state index is 0.0960. The molecule has 0 aromatic carbocycles. The zero-order valence-electron chi connectivity index (χ0n) is 19.7. The third kappa shape index (κ3) is 6.27. The lowest BCUT2D eigenvalue weighted by molar-refractivity contribution is -0.314. The molecule has 15 heteroatoms. The van der Waals surface area contributed by atoms with Crippen molar-refractivity contribution in [1.29, 1.82) is 0 Å². The van der Waals surface area contributed by atoms with Crippen molar-refractivity contribution in [2.45, 2.75) is 105 Å². The van der Waals surface area contributed by atoms with Gasteiger partial charge < -0.3 is 73.1 Å². The van der Waals surface area contributed by atoms with Crippen LogP contribution in [0.15, 0.2) is 0 Å². The van der Waals surface area contributed by atoms with Gasteiger partial charge in [-0.1, -0.05) is 6.92 Å². The van der Waals surface area contributed by atoms with E-state index in [0.29, 0.717) is 5.75 Å². The van der Waals surface area contributed by atoms with Gasteiger partial charge in [-0.15, -0.1) is 0 Å². The third-order valence-electron chi connectivity index (χ3n) is 6.87. The number of hydrogen-bond donors (Lipinski definition) is 10. The highest BCUT2D eigenvalue weighted by molar-refractivity contribution is 7.99. The standard InChI is InChI=1S/C20H41N5O9S/c1-2-35-5-9-12(26)10(24)15(29)20(32-9)34-18-7(23)3-6(22)17(16(18)30)33-19-11(25)14(28)13(27)8(4-21)31-19/h6-20,26-30H,2-5,21-25H2,1H3/t6-,7+,8+,9+,10-,11+,12+,13+,14+,15+,16-,17+,18-,19+,20+/m0/s1. The molecule has 3 aliphatic rings. The van der Waals surface area contributed by atoms with Crippen molar-refractivity contribution in [2.24, 2.45) is 28.7 Å². The third-order valence-corrected chi connectivity index (χ3v) is 7.84. The molecule has 0 spiro atoms. The maximum atomic E-state index is 11.1. The molecular formula is C20H41N5O9S. The van der Waals surface area contributed by atoms with Crippen molar-refractivity contribution >= 4 is 11.8 Å². The van der Waals surface area contributed by atoms with E-state index in [-0.39, 0.29) is 13.0 Å². The minimum atomic E-state index is -1.40. The molecule has 2 heterocycles. The summed E-state index contributed by atoms with van der Waals surface area (Å²) < 4.78 is 23.2. The second-order valence-corrected chi connectivity index (χ2v) is 10.7. The molecular weight excluding hydrogens is 486 g/mol. The Labute approximate surface area is 208 Å². The molecule has 14 nitrogen and oxygen atoms in total. The second kappa shape index (κ2) is 12.6. The van der Waals surface area contributed by atoms with Gasteiger partial charge >= 0.3 is 0 Å². The highest BCUT2D eigenvalue weighted by Gasteiger charge is 2.51. The average Bonchev–Trinajstić information content (AvgIpc) is 2.83. The van der Waals surface area contributed by atoms with Crippen molar-refractivity contribution in [1.82, 2.24) is 0 Å². The summed E-state index contributed by atoms with van der Waals surface area (Å²) in [5.74, 6) is 1.22. The van der Waals surface area contributed by atoms with E-state index in [4.69, 9.17) is 47.6 Å². The lowest BCUT2D eigenvalue weighted by Crippen LogP contribution is -2.69. The highest BCUT2D eigenvalue weighted by atomic mass is 32.2. The summed E-state index contributed by atoms with van der Waals surface area (Å²) in [5.41, 5.74) is 30.0.